The first kappa shape index (κ1) is 21.6. The molecule has 0 radical (unpaired) electrons. The standard InChI is InChI=1S/C18H14FN7O4S.2H2/c1-9-16(22-7-11(5-20)23-9)10(2)24-15(27)8-26-18(28)25-14-4-3-13(19)12(6-21)17(14)31(26,29)30;;/h3-4,7,10H,8H2,1-2H3,(H,24,27)(H,25,28);2*1H/t10-;;/m1../s1. The number of urea groups is 1. The molecule has 1 aromatic carbocycles. The zero-order valence-corrected chi connectivity index (χ0v) is 17.0. The third-order valence-corrected chi connectivity index (χ3v) is 6.22. The molecule has 1 aromatic heterocycles. The van der Waals surface area contributed by atoms with Crippen LogP contribution in [0.4, 0.5) is 14.9 Å². The molecule has 31 heavy (non-hydrogen) atoms. The number of aryl methyl sites for hydroxylation is 1. The molecule has 0 saturated carbocycles. The number of nitriles is 2. The summed E-state index contributed by atoms with van der Waals surface area (Å²) in [6.45, 7) is 2.23. The van der Waals surface area contributed by atoms with E-state index in [0.29, 0.717) is 11.4 Å². The van der Waals surface area contributed by atoms with E-state index >= 15 is 0 Å². The quantitative estimate of drug-likeness (QED) is 0.711. The number of carbonyl (C=O) groups is 2. The summed E-state index contributed by atoms with van der Waals surface area (Å²) in [5, 5.41) is 22.7. The molecule has 0 unspecified atom stereocenters. The molecule has 1 aliphatic rings. The van der Waals surface area contributed by atoms with Crippen LogP contribution in [0.1, 0.15) is 38.5 Å². The zero-order valence-electron chi connectivity index (χ0n) is 16.2. The number of nitrogens with one attached hydrogen (secondary N) is 2. The second-order valence-electron chi connectivity index (χ2n) is 6.48. The summed E-state index contributed by atoms with van der Waals surface area (Å²) in [5.74, 6) is -1.93. The molecule has 0 bridgehead atoms. The summed E-state index contributed by atoms with van der Waals surface area (Å²) in [6, 6.07) is 3.34. The van der Waals surface area contributed by atoms with Gasteiger partial charge in [-0.15, -0.1) is 0 Å². The predicted octanol–water partition coefficient (Wildman–Crippen LogP) is 1.57. The van der Waals surface area contributed by atoms with Crippen molar-refractivity contribution < 1.29 is 25.3 Å². The van der Waals surface area contributed by atoms with Crippen LogP contribution in [0.5, 0.6) is 0 Å². The Labute approximate surface area is 179 Å². The number of aromatic nitrogens is 2. The largest absolute Gasteiger partial charge is 0.346 e. The van der Waals surface area contributed by atoms with Crippen molar-refractivity contribution in [1.82, 2.24) is 19.6 Å². The predicted molar refractivity (Wildman–Crippen MR) is 106 cm³/mol. The molecule has 3 amide bonds. The number of fused-ring (bicyclic) bond motifs is 1. The van der Waals surface area contributed by atoms with Gasteiger partial charge in [0.15, 0.2) is 5.69 Å². The summed E-state index contributed by atoms with van der Waals surface area (Å²) in [6.07, 6.45) is 1.22. The van der Waals surface area contributed by atoms with Gasteiger partial charge in [0.25, 0.3) is 10.0 Å². The zero-order chi connectivity index (χ0) is 22.9. The van der Waals surface area contributed by atoms with Gasteiger partial charge in [-0.05, 0) is 26.0 Å². The molecular formula is C18H18FN7O4S. The summed E-state index contributed by atoms with van der Waals surface area (Å²) >= 11 is 0. The van der Waals surface area contributed by atoms with E-state index in [0.717, 1.165) is 12.1 Å². The minimum absolute atomic E-state index is 0. The number of benzene rings is 1. The van der Waals surface area contributed by atoms with Gasteiger partial charge in [-0.3, -0.25) is 9.78 Å². The van der Waals surface area contributed by atoms with E-state index in [-0.39, 0.29) is 18.5 Å². The number of amides is 3. The third-order valence-electron chi connectivity index (χ3n) is 4.41. The molecule has 3 rings (SSSR count). The Morgan fingerprint density at radius 1 is 1.39 bits per heavy atom. The fourth-order valence-corrected chi connectivity index (χ4v) is 4.61. The van der Waals surface area contributed by atoms with Crippen LogP contribution in [-0.2, 0) is 14.8 Å². The van der Waals surface area contributed by atoms with Gasteiger partial charge in [0.2, 0.25) is 5.91 Å². The normalized spacial score (nSPS) is 15.1. The van der Waals surface area contributed by atoms with Crippen molar-refractivity contribution in [3.05, 3.63) is 46.8 Å². The number of anilines is 1. The first-order valence-corrected chi connectivity index (χ1v) is 10.1. The second kappa shape index (κ2) is 7.97. The summed E-state index contributed by atoms with van der Waals surface area (Å²) < 4.78 is 39.9. The Balaban J connectivity index is 0.00000272. The van der Waals surface area contributed by atoms with E-state index in [1.165, 1.54) is 12.3 Å². The Hall–Kier alpha value is -4.10. The van der Waals surface area contributed by atoms with E-state index in [1.54, 1.807) is 13.8 Å². The van der Waals surface area contributed by atoms with Gasteiger partial charge in [0.1, 0.15) is 35.0 Å². The SMILES string of the molecule is Cc1nc(C#N)cnc1[C@@H](C)NC(=O)CN1C(=O)Nc2ccc(F)c(C#N)c2S1(=O)=O.[HH].[HH]. The van der Waals surface area contributed by atoms with Crippen molar-refractivity contribution in [1.29, 1.82) is 10.5 Å². The first-order chi connectivity index (χ1) is 14.6. The maximum Gasteiger partial charge on any atom is 0.336 e. The van der Waals surface area contributed by atoms with Crippen LogP contribution in [-0.4, -0.2) is 41.2 Å². The smallest absolute Gasteiger partial charge is 0.336 e. The number of sulfonamides is 1. The van der Waals surface area contributed by atoms with E-state index < -0.39 is 50.8 Å². The molecule has 11 nitrogen and oxygen atoms in total. The van der Waals surface area contributed by atoms with Gasteiger partial charge in [-0.2, -0.15) is 10.5 Å². The topological polar surface area (TPSA) is 169 Å². The highest BCUT2D eigenvalue weighted by atomic mass is 32.2. The van der Waals surface area contributed by atoms with Crippen molar-refractivity contribution in [2.45, 2.75) is 24.8 Å². The molecule has 2 aromatic rings. The maximum absolute atomic E-state index is 13.9. The summed E-state index contributed by atoms with van der Waals surface area (Å²) in [4.78, 5) is 32.1. The van der Waals surface area contributed by atoms with Gasteiger partial charge in [-0.25, -0.2) is 26.9 Å². The lowest BCUT2D eigenvalue weighted by atomic mass is 10.2. The number of halogens is 1. The van der Waals surface area contributed by atoms with E-state index in [9.17, 15) is 22.4 Å². The minimum atomic E-state index is -4.68. The molecule has 0 saturated heterocycles. The van der Waals surface area contributed by atoms with E-state index in [4.69, 9.17) is 10.5 Å². The average Bonchev–Trinajstić information content (AvgIpc) is 2.71. The van der Waals surface area contributed by atoms with Crippen LogP contribution in [0.2, 0.25) is 0 Å². The molecule has 1 aliphatic heterocycles. The van der Waals surface area contributed by atoms with Gasteiger partial charge >= 0.3 is 6.03 Å². The highest BCUT2D eigenvalue weighted by Gasteiger charge is 2.41. The third kappa shape index (κ3) is 3.86. The van der Waals surface area contributed by atoms with Crippen molar-refractivity contribution in [3.8, 4) is 12.1 Å². The molecule has 2 heterocycles. The minimum Gasteiger partial charge on any atom is -0.346 e. The van der Waals surface area contributed by atoms with Crippen LogP contribution in [0.3, 0.4) is 0 Å². The van der Waals surface area contributed by atoms with Gasteiger partial charge in [-0.1, -0.05) is 0 Å². The number of carbonyl (C=O) groups excluding carboxylic acids is 2. The van der Waals surface area contributed by atoms with Crippen LogP contribution in [0, 0.1) is 35.4 Å². The van der Waals surface area contributed by atoms with Crippen LogP contribution < -0.4 is 10.6 Å². The van der Waals surface area contributed by atoms with Crippen molar-refractivity contribution in [2.24, 2.45) is 0 Å². The lowest BCUT2D eigenvalue weighted by Crippen LogP contribution is -2.49. The van der Waals surface area contributed by atoms with Gasteiger partial charge in [0, 0.05) is 2.85 Å². The molecule has 13 heteroatoms. The fourth-order valence-electron chi connectivity index (χ4n) is 3.04. The van der Waals surface area contributed by atoms with Gasteiger partial charge in [0.05, 0.1) is 29.3 Å². The first-order valence-electron chi connectivity index (χ1n) is 8.69. The van der Waals surface area contributed by atoms with Crippen molar-refractivity contribution in [3.63, 3.8) is 0 Å². The van der Waals surface area contributed by atoms with Crippen molar-refractivity contribution in [2.75, 3.05) is 11.9 Å². The molecule has 0 spiro atoms. The fraction of sp³-hybridized carbons (Fsp3) is 0.222. The van der Waals surface area contributed by atoms with Crippen LogP contribution >= 0.6 is 0 Å². The number of rotatable bonds is 4. The number of nitrogens with zero attached hydrogens (tertiary/aromatic N) is 5. The summed E-state index contributed by atoms with van der Waals surface area (Å²) in [7, 11) is -4.68. The van der Waals surface area contributed by atoms with E-state index in [1.807, 2.05) is 6.07 Å². The molecule has 0 aliphatic carbocycles. The van der Waals surface area contributed by atoms with Crippen LogP contribution in [0.25, 0.3) is 0 Å². The van der Waals surface area contributed by atoms with Crippen molar-refractivity contribution >= 4 is 27.6 Å². The lowest BCUT2D eigenvalue weighted by Gasteiger charge is -2.29. The Bertz CT molecular complexity index is 1310. The lowest BCUT2D eigenvalue weighted by molar-refractivity contribution is -0.121. The Morgan fingerprint density at radius 3 is 2.71 bits per heavy atom. The molecule has 0 fully saturated rings. The number of hydrogen-bond acceptors (Lipinski definition) is 8. The second-order valence-corrected chi connectivity index (χ2v) is 8.28. The maximum atomic E-state index is 13.9. The highest BCUT2D eigenvalue weighted by molar-refractivity contribution is 7.90. The van der Waals surface area contributed by atoms with Crippen LogP contribution in [0.15, 0.2) is 23.2 Å². The molecular weight excluding hydrogens is 429 g/mol. The monoisotopic (exact) mass is 447 g/mol. The molecule has 2 N–H and O–H groups in total. The number of hydrogen-bond donors (Lipinski definition) is 2. The Kier molecular flexibility index (Phi) is 5.55. The highest BCUT2D eigenvalue weighted by Crippen LogP contribution is 2.34. The molecule has 162 valence electrons. The molecule has 1 atom stereocenters. The van der Waals surface area contributed by atoms with Gasteiger partial charge < -0.3 is 10.6 Å². The Morgan fingerprint density at radius 2 is 2.10 bits per heavy atom. The van der Waals surface area contributed by atoms with E-state index in [2.05, 4.69) is 20.6 Å². The average molecular weight is 447 g/mol. The summed E-state index contributed by atoms with van der Waals surface area (Å²) in [5.41, 5.74) is -0.193.